The molecule has 2 N–H and O–H groups in total. The average molecular weight is 455 g/mol. The fraction of sp³-hybridized carbons (Fsp3) is 0.296. The number of pyridine rings is 1. The lowest BCUT2D eigenvalue weighted by atomic mass is 10.0. The Hall–Kier alpha value is -3.71. The van der Waals surface area contributed by atoms with Crippen molar-refractivity contribution in [1.82, 2.24) is 25.0 Å². The number of nitrogens with one attached hydrogen (secondary N) is 2. The molecule has 1 fully saturated rings. The molecule has 0 saturated carbocycles. The van der Waals surface area contributed by atoms with Gasteiger partial charge in [0.25, 0.3) is 0 Å². The van der Waals surface area contributed by atoms with Crippen LogP contribution in [0.2, 0.25) is 0 Å². The fourth-order valence-corrected chi connectivity index (χ4v) is 4.84. The predicted octanol–water partition coefficient (Wildman–Crippen LogP) is 4.98. The summed E-state index contributed by atoms with van der Waals surface area (Å²) in [6.07, 6.45) is 1.02. The van der Waals surface area contributed by atoms with Gasteiger partial charge in [-0.3, -0.25) is 10.1 Å². The molecule has 2 aromatic carbocycles. The topological polar surface area (TPSA) is 77.2 Å². The van der Waals surface area contributed by atoms with Gasteiger partial charge in [-0.15, -0.1) is 0 Å². The predicted molar refractivity (Wildman–Crippen MR) is 136 cm³/mol. The number of urea groups is 1. The molecule has 7 nitrogen and oxygen atoms in total. The Kier molecular flexibility index (Phi) is 6.02. The third kappa shape index (κ3) is 4.52. The molecule has 2 amide bonds. The van der Waals surface area contributed by atoms with Gasteiger partial charge in [0.05, 0.1) is 5.52 Å². The number of nitrogens with zero attached hydrogens (tertiary/aromatic N) is 4. The van der Waals surface area contributed by atoms with Gasteiger partial charge in [0, 0.05) is 47.2 Å². The van der Waals surface area contributed by atoms with Crippen molar-refractivity contribution in [2.75, 3.05) is 25.5 Å². The van der Waals surface area contributed by atoms with Crippen molar-refractivity contribution in [3.63, 3.8) is 0 Å². The molecule has 0 bridgehead atoms. The van der Waals surface area contributed by atoms with E-state index in [-0.39, 0.29) is 12.1 Å². The second kappa shape index (κ2) is 9.27. The van der Waals surface area contributed by atoms with Crippen LogP contribution in [0.3, 0.4) is 0 Å². The maximum atomic E-state index is 12.7. The van der Waals surface area contributed by atoms with Crippen LogP contribution in [0.15, 0.2) is 60.7 Å². The molecule has 7 heteroatoms. The number of H-pyrrole nitrogens is 1. The number of aromatic amines is 1. The summed E-state index contributed by atoms with van der Waals surface area (Å²) in [7, 11) is 2.11. The second-order valence-electron chi connectivity index (χ2n) is 9.18. The molecule has 0 spiro atoms. The van der Waals surface area contributed by atoms with E-state index in [4.69, 9.17) is 0 Å². The molecule has 1 unspecified atom stereocenters. The first-order chi connectivity index (χ1) is 16.5. The number of aryl methyl sites for hydroxylation is 2. The Balaban J connectivity index is 0.000000351. The van der Waals surface area contributed by atoms with Gasteiger partial charge in [-0.1, -0.05) is 36.4 Å². The number of benzene rings is 2. The van der Waals surface area contributed by atoms with Crippen LogP contribution in [0.1, 0.15) is 23.4 Å². The third-order valence-electron chi connectivity index (χ3n) is 6.46. The molecule has 4 aromatic rings. The van der Waals surface area contributed by atoms with Crippen molar-refractivity contribution >= 4 is 22.6 Å². The summed E-state index contributed by atoms with van der Waals surface area (Å²) in [4.78, 5) is 21.4. The van der Waals surface area contributed by atoms with Crippen LogP contribution in [-0.2, 0) is 6.54 Å². The lowest BCUT2D eigenvalue weighted by Crippen LogP contribution is -2.46. The van der Waals surface area contributed by atoms with Crippen LogP contribution in [0.25, 0.3) is 22.2 Å². The zero-order valence-corrected chi connectivity index (χ0v) is 19.9. The molecule has 174 valence electrons. The van der Waals surface area contributed by atoms with E-state index < -0.39 is 0 Å². The van der Waals surface area contributed by atoms with Gasteiger partial charge >= 0.3 is 6.03 Å². The quantitative estimate of drug-likeness (QED) is 0.448. The number of aromatic nitrogens is 3. The second-order valence-corrected chi connectivity index (χ2v) is 9.18. The lowest BCUT2D eigenvalue weighted by Gasteiger charge is -2.34. The Labute approximate surface area is 199 Å². The zero-order chi connectivity index (χ0) is 23.7. The maximum absolute atomic E-state index is 12.7. The van der Waals surface area contributed by atoms with E-state index in [1.807, 2.05) is 61.2 Å². The molecule has 6 rings (SSSR count). The van der Waals surface area contributed by atoms with Crippen LogP contribution in [0.5, 0.6) is 0 Å². The van der Waals surface area contributed by atoms with Crippen molar-refractivity contribution in [3.05, 3.63) is 77.6 Å². The Morgan fingerprint density at radius 2 is 1.65 bits per heavy atom. The highest BCUT2D eigenvalue weighted by molar-refractivity contribution is 6.00. The number of likely N-dealkylation sites (N-methyl/N-ethyl adjacent to an activating group) is 1. The summed E-state index contributed by atoms with van der Waals surface area (Å²) in [5.74, 6) is 0. The van der Waals surface area contributed by atoms with Crippen LogP contribution in [0, 0.1) is 13.8 Å². The monoisotopic (exact) mass is 454 g/mol. The molecule has 34 heavy (non-hydrogen) atoms. The van der Waals surface area contributed by atoms with Crippen molar-refractivity contribution in [2.24, 2.45) is 0 Å². The van der Waals surface area contributed by atoms with Gasteiger partial charge in [0.2, 0.25) is 0 Å². The molecule has 1 atom stereocenters. The Bertz CT molecular complexity index is 1270. The van der Waals surface area contributed by atoms with Gasteiger partial charge in [0.1, 0.15) is 5.69 Å². The van der Waals surface area contributed by atoms with Crippen molar-refractivity contribution in [2.45, 2.75) is 32.9 Å². The third-order valence-corrected chi connectivity index (χ3v) is 6.46. The first-order valence-corrected chi connectivity index (χ1v) is 11.7. The number of hydrogen-bond acceptors (Lipinski definition) is 4. The van der Waals surface area contributed by atoms with E-state index >= 15 is 0 Å². The molecular weight excluding hydrogens is 424 g/mol. The minimum atomic E-state index is -0.00716. The number of anilines is 1. The largest absolute Gasteiger partial charge is 0.322 e. The van der Waals surface area contributed by atoms with Crippen molar-refractivity contribution < 1.29 is 4.79 Å². The van der Waals surface area contributed by atoms with Crippen LogP contribution in [0.4, 0.5) is 10.5 Å². The summed E-state index contributed by atoms with van der Waals surface area (Å²) < 4.78 is 0. The number of fused-ring (bicyclic) bond motifs is 2. The van der Waals surface area contributed by atoms with Crippen LogP contribution in [-0.4, -0.2) is 57.2 Å². The van der Waals surface area contributed by atoms with E-state index in [1.54, 1.807) is 0 Å². The number of carbonyl (C=O) groups is 1. The first-order valence-electron chi connectivity index (χ1n) is 11.7. The van der Waals surface area contributed by atoms with E-state index in [1.165, 1.54) is 0 Å². The summed E-state index contributed by atoms with van der Waals surface area (Å²) in [6, 6.07) is 20.5. The molecule has 4 heterocycles. The van der Waals surface area contributed by atoms with Gasteiger partial charge in [-0.2, -0.15) is 5.10 Å². The SMILES string of the molecule is Cc1cc(-c2n[nH]c3cc4c(cc23)CN(C2CCN(C)C2)C(=O)N4)cc(C)n1.c1ccccc1. The van der Waals surface area contributed by atoms with E-state index in [0.29, 0.717) is 6.54 Å². The van der Waals surface area contributed by atoms with Gasteiger partial charge in [-0.25, -0.2) is 4.79 Å². The van der Waals surface area contributed by atoms with E-state index in [9.17, 15) is 4.79 Å². The highest BCUT2D eigenvalue weighted by Gasteiger charge is 2.33. The van der Waals surface area contributed by atoms with Gasteiger partial charge in [0.15, 0.2) is 0 Å². The van der Waals surface area contributed by atoms with Gasteiger partial charge in [-0.05, 0) is 63.7 Å². The molecule has 1 saturated heterocycles. The highest BCUT2D eigenvalue weighted by atomic mass is 16.2. The van der Waals surface area contributed by atoms with Crippen LogP contribution < -0.4 is 5.32 Å². The van der Waals surface area contributed by atoms with Crippen molar-refractivity contribution in [3.8, 4) is 11.3 Å². The maximum Gasteiger partial charge on any atom is 0.322 e. The molecule has 2 aliphatic rings. The van der Waals surface area contributed by atoms with Gasteiger partial charge < -0.3 is 15.1 Å². The zero-order valence-electron chi connectivity index (χ0n) is 19.9. The molecular formula is C27H30N6O. The Morgan fingerprint density at radius 1 is 0.971 bits per heavy atom. The average Bonchev–Trinajstić information content (AvgIpc) is 3.44. The summed E-state index contributed by atoms with van der Waals surface area (Å²) >= 11 is 0. The van der Waals surface area contributed by atoms with Crippen LogP contribution >= 0.6 is 0 Å². The smallest absolute Gasteiger partial charge is 0.316 e. The molecule has 2 aromatic heterocycles. The number of carbonyl (C=O) groups excluding carboxylic acids is 1. The highest BCUT2D eigenvalue weighted by Crippen LogP contribution is 2.34. The number of amides is 2. The molecule has 2 aliphatic heterocycles. The number of rotatable bonds is 2. The fourth-order valence-electron chi connectivity index (χ4n) is 4.84. The Morgan fingerprint density at radius 3 is 2.26 bits per heavy atom. The first kappa shape index (κ1) is 22.1. The van der Waals surface area contributed by atoms with Crippen molar-refractivity contribution in [1.29, 1.82) is 0 Å². The number of hydrogen-bond donors (Lipinski definition) is 2. The lowest BCUT2D eigenvalue weighted by molar-refractivity contribution is 0.182. The minimum Gasteiger partial charge on any atom is -0.316 e. The van der Waals surface area contributed by atoms with E-state index in [2.05, 4.69) is 50.6 Å². The number of likely N-dealkylation sites (tertiary alicyclic amines) is 1. The summed E-state index contributed by atoms with van der Waals surface area (Å²) in [6.45, 7) is 6.59. The van der Waals surface area contributed by atoms with E-state index in [0.717, 1.165) is 64.3 Å². The normalized spacial score (nSPS) is 17.8. The molecule has 0 aliphatic carbocycles. The summed E-state index contributed by atoms with van der Waals surface area (Å²) in [5.41, 5.74) is 6.88. The standard InChI is InChI=1S/C21H24N6O.C6H6/c1-12-6-14(7-13(2)22-12)20-17-8-15-10-27(16-4-5-26(3)11-16)21(28)23-18(15)9-19(17)24-25-20;1-2-4-6-5-3-1/h6-9,16H,4-5,10-11H2,1-3H3,(H,23,28)(H,24,25);1-6H. The summed E-state index contributed by atoms with van der Waals surface area (Å²) in [5, 5.41) is 11.8. The minimum absolute atomic E-state index is 0.00716. The molecule has 0 radical (unpaired) electrons.